The zero-order valence-electron chi connectivity index (χ0n) is 10.5. The number of hydrogen-bond acceptors (Lipinski definition) is 4. The Labute approximate surface area is 115 Å². The van der Waals surface area contributed by atoms with Gasteiger partial charge in [0.1, 0.15) is 5.76 Å². The number of rotatable bonds is 7. The molecular weight excluding hydrogens is 295 g/mol. The molecule has 0 saturated carbocycles. The Kier molecular flexibility index (Phi) is 5.58. The summed E-state index contributed by atoms with van der Waals surface area (Å²) in [6, 6.07) is 9.34. The van der Waals surface area contributed by atoms with Crippen molar-refractivity contribution < 1.29 is 25.8 Å². The van der Waals surface area contributed by atoms with Crippen LogP contribution in [0.4, 0.5) is 13.2 Å². The van der Waals surface area contributed by atoms with Gasteiger partial charge in [-0.05, 0) is 5.56 Å². The van der Waals surface area contributed by atoms with E-state index in [4.69, 9.17) is 0 Å². The maximum atomic E-state index is 12.0. The van der Waals surface area contributed by atoms with Crippen molar-refractivity contribution in [1.29, 1.82) is 0 Å². The lowest BCUT2D eigenvalue weighted by Gasteiger charge is -2.11. The summed E-state index contributed by atoms with van der Waals surface area (Å²) in [6.07, 6.45) is -0.0395. The maximum Gasteiger partial charge on any atom is 0.534 e. The molecule has 0 unspecified atom stereocenters. The smallest absolute Gasteiger partial charge is 0.381 e. The second-order valence-electron chi connectivity index (χ2n) is 3.93. The second-order valence-corrected chi connectivity index (χ2v) is 5.47. The Hall–Kier alpha value is -1.54. The molecule has 1 aromatic carbocycles. The molecule has 0 aromatic heterocycles. The van der Waals surface area contributed by atoms with Gasteiger partial charge in [-0.2, -0.15) is 21.6 Å². The van der Waals surface area contributed by atoms with Gasteiger partial charge in [-0.25, -0.2) is 0 Å². The second kappa shape index (κ2) is 6.76. The van der Waals surface area contributed by atoms with Crippen LogP contribution < -0.4 is 5.32 Å². The van der Waals surface area contributed by atoms with Crippen LogP contribution in [-0.2, 0) is 20.8 Å². The predicted molar refractivity (Wildman–Crippen MR) is 68.0 cm³/mol. The van der Waals surface area contributed by atoms with Gasteiger partial charge in [0.05, 0.1) is 0 Å². The summed E-state index contributed by atoms with van der Waals surface area (Å²) in [5.41, 5.74) is -4.44. The third kappa shape index (κ3) is 5.22. The van der Waals surface area contributed by atoms with E-state index in [1.54, 1.807) is 0 Å². The van der Waals surface area contributed by atoms with Gasteiger partial charge in [0, 0.05) is 19.5 Å². The Bertz CT molecular complexity index is 541. The van der Waals surface area contributed by atoms with Crippen LogP contribution in [0.1, 0.15) is 12.0 Å². The van der Waals surface area contributed by atoms with Crippen molar-refractivity contribution in [3.05, 3.63) is 48.2 Å². The van der Waals surface area contributed by atoms with Crippen LogP contribution >= 0.6 is 0 Å². The lowest BCUT2D eigenvalue weighted by Crippen LogP contribution is -2.26. The average Bonchev–Trinajstić information content (AvgIpc) is 2.34. The molecule has 0 aliphatic heterocycles. The van der Waals surface area contributed by atoms with Crippen molar-refractivity contribution in [2.24, 2.45) is 0 Å². The molecule has 8 heteroatoms. The third-order valence-corrected chi connectivity index (χ3v) is 3.29. The molecule has 0 fully saturated rings. The van der Waals surface area contributed by atoms with E-state index in [1.165, 1.54) is 0 Å². The van der Waals surface area contributed by atoms with E-state index in [-0.39, 0.29) is 13.0 Å². The molecule has 1 aromatic rings. The lowest BCUT2D eigenvalue weighted by molar-refractivity contribution is -0.0523. The summed E-state index contributed by atoms with van der Waals surface area (Å²) < 4.78 is 61.3. The summed E-state index contributed by atoms with van der Waals surface area (Å²) in [6.45, 7) is 3.92. The largest absolute Gasteiger partial charge is 0.534 e. The van der Waals surface area contributed by atoms with Crippen LogP contribution in [0.15, 0.2) is 42.7 Å². The van der Waals surface area contributed by atoms with Crippen molar-refractivity contribution >= 4 is 10.1 Å². The number of halogens is 3. The number of nitrogens with one attached hydrogen (secondary N) is 1. The molecule has 0 bridgehead atoms. The van der Waals surface area contributed by atoms with E-state index in [2.05, 4.69) is 16.1 Å². The molecule has 0 radical (unpaired) electrons. The molecule has 0 spiro atoms. The molecule has 0 heterocycles. The van der Waals surface area contributed by atoms with E-state index in [9.17, 15) is 21.6 Å². The first-order chi connectivity index (χ1) is 9.22. The van der Waals surface area contributed by atoms with E-state index in [0.29, 0.717) is 6.54 Å². The zero-order valence-corrected chi connectivity index (χ0v) is 11.3. The average molecular weight is 309 g/mol. The molecule has 1 N–H and O–H groups in total. The highest BCUT2D eigenvalue weighted by molar-refractivity contribution is 7.87. The van der Waals surface area contributed by atoms with Crippen molar-refractivity contribution in [2.75, 3.05) is 6.54 Å². The fourth-order valence-electron chi connectivity index (χ4n) is 1.30. The van der Waals surface area contributed by atoms with Gasteiger partial charge in [-0.3, -0.25) is 0 Å². The molecule has 0 atom stereocenters. The first kappa shape index (κ1) is 16.5. The van der Waals surface area contributed by atoms with Crippen molar-refractivity contribution in [3.63, 3.8) is 0 Å². The van der Waals surface area contributed by atoms with E-state index < -0.39 is 21.4 Å². The van der Waals surface area contributed by atoms with Crippen molar-refractivity contribution in [3.8, 4) is 0 Å². The lowest BCUT2D eigenvalue weighted by atomic mass is 10.2. The van der Waals surface area contributed by atoms with Crippen LogP contribution in [0.2, 0.25) is 0 Å². The highest BCUT2D eigenvalue weighted by Crippen LogP contribution is 2.26. The Balaban J connectivity index is 2.31. The number of hydrogen-bond donors (Lipinski definition) is 1. The normalized spacial score (nSPS) is 12.2. The van der Waals surface area contributed by atoms with Gasteiger partial charge in [-0.1, -0.05) is 36.9 Å². The fraction of sp³-hybridized carbons (Fsp3) is 0.333. The summed E-state index contributed by atoms with van der Waals surface area (Å²) in [4.78, 5) is 0. The van der Waals surface area contributed by atoms with E-state index in [1.807, 2.05) is 30.3 Å². The first-order valence-electron chi connectivity index (χ1n) is 5.65. The third-order valence-electron chi connectivity index (χ3n) is 2.26. The molecule has 20 heavy (non-hydrogen) atoms. The van der Waals surface area contributed by atoms with Gasteiger partial charge in [0.25, 0.3) is 0 Å². The van der Waals surface area contributed by atoms with Gasteiger partial charge >= 0.3 is 15.6 Å². The fourth-order valence-corrected chi connectivity index (χ4v) is 1.79. The molecule has 0 aliphatic rings. The standard InChI is InChI=1S/C12H14F3NO3S/c1-10(19-20(17,18)12(13,14)15)7-8-16-9-11-5-3-2-4-6-11/h2-6,16H,1,7-9H2. The van der Waals surface area contributed by atoms with Crippen LogP contribution in [0, 0.1) is 0 Å². The predicted octanol–water partition coefficient (Wildman–Crippen LogP) is 2.55. The summed E-state index contributed by atoms with van der Waals surface area (Å²) in [7, 11) is -5.61. The zero-order chi connectivity index (χ0) is 15.2. The van der Waals surface area contributed by atoms with Gasteiger partial charge < -0.3 is 9.50 Å². The van der Waals surface area contributed by atoms with Crippen LogP contribution in [-0.4, -0.2) is 20.5 Å². The molecule has 1 rings (SSSR count). The SMILES string of the molecule is C=C(CCNCc1ccccc1)OS(=O)(=O)C(F)(F)F. The van der Waals surface area contributed by atoms with Gasteiger partial charge in [0.2, 0.25) is 0 Å². The first-order valence-corrected chi connectivity index (χ1v) is 7.06. The maximum absolute atomic E-state index is 12.0. The molecule has 0 aliphatic carbocycles. The van der Waals surface area contributed by atoms with Crippen molar-refractivity contribution in [1.82, 2.24) is 5.32 Å². The minimum atomic E-state index is -5.61. The number of alkyl halides is 3. The highest BCUT2D eigenvalue weighted by atomic mass is 32.2. The summed E-state index contributed by atoms with van der Waals surface area (Å²) in [5.74, 6) is -0.456. The van der Waals surface area contributed by atoms with Crippen LogP contribution in [0.5, 0.6) is 0 Å². The van der Waals surface area contributed by atoms with Crippen LogP contribution in [0.3, 0.4) is 0 Å². The topological polar surface area (TPSA) is 55.4 Å². The number of benzene rings is 1. The Morgan fingerprint density at radius 2 is 1.85 bits per heavy atom. The quantitative estimate of drug-likeness (QED) is 0.364. The Morgan fingerprint density at radius 3 is 2.40 bits per heavy atom. The molecule has 4 nitrogen and oxygen atoms in total. The Morgan fingerprint density at radius 1 is 1.25 bits per heavy atom. The summed E-state index contributed by atoms with van der Waals surface area (Å²) >= 11 is 0. The molecule has 0 saturated heterocycles. The van der Waals surface area contributed by atoms with Crippen LogP contribution in [0.25, 0.3) is 0 Å². The monoisotopic (exact) mass is 309 g/mol. The highest BCUT2D eigenvalue weighted by Gasteiger charge is 2.48. The minimum Gasteiger partial charge on any atom is -0.381 e. The molecule has 0 amide bonds. The molecular formula is C12H14F3NO3S. The molecule has 112 valence electrons. The van der Waals surface area contributed by atoms with Gasteiger partial charge in [-0.15, -0.1) is 0 Å². The minimum absolute atomic E-state index is 0.0395. The van der Waals surface area contributed by atoms with E-state index >= 15 is 0 Å². The van der Waals surface area contributed by atoms with Crippen molar-refractivity contribution in [2.45, 2.75) is 18.5 Å². The van der Waals surface area contributed by atoms with E-state index in [0.717, 1.165) is 5.56 Å². The van der Waals surface area contributed by atoms with Gasteiger partial charge in [0.15, 0.2) is 0 Å². The summed E-state index contributed by atoms with van der Waals surface area (Å²) in [5, 5.41) is 2.94.